The summed E-state index contributed by atoms with van der Waals surface area (Å²) in [4.78, 5) is 24.8. The van der Waals surface area contributed by atoms with E-state index in [1.54, 1.807) is 24.3 Å². The first-order valence-corrected chi connectivity index (χ1v) is 9.48. The first kappa shape index (κ1) is 19.4. The van der Waals surface area contributed by atoms with E-state index in [2.05, 4.69) is 10.6 Å². The molecule has 2 aromatic carbocycles. The number of halogens is 2. The Balaban J connectivity index is 1.45. The third-order valence-corrected chi connectivity index (χ3v) is 5.31. The summed E-state index contributed by atoms with van der Waals surface area (Å²) in [6.07, 6.45) is 2.70. The van der Waals surface area contributed by atoms with Gasteiger partial charge in [0.1, 0.15) is 5.82 Å². The number of anilines is 1. The lowest BCUT2D eigenvalue weighted by Crippen LogP contribution is -2.35. The highest BCUT2D eigenvalue weighted by Crippen LogP contribution is 2.31. The van der Waals surface area contributed by atoms with Gasteiger partial charge < -0.3 is 10.6 Å². The highest BCUT2D eigenvalue weighted by atomic mass is 35.5. The summed E-state index contributed by atoms with van der Waals surface area (Å²) in [5.74, 6) is -0.548. The molecule has 1 fully saturated rings. The van der Waals surface area contributed by atoms with E-state index >= 15 is 0 Å². The first-order valence-electron chi connectivity index (χ1n) is 9.10. The largest absolute Gasteiger partial charge is 0.352 e. The first-order chi connectivity index (χ1) is 13.0. The van der Waals surface area contributed by atoms with Crippen LogP contribution in [0.2, 0.25) is 5.02 Å². The smallest absolute Gasteiger partial charge is 0.227 e. The van der Waals surface area contributed by atoms with E-state index in [0.29, 0.717) is 42.9 Å². The van der Waals surface area contributed by atoms with Gasteiger partial charge in [-0.3, -0.25) is 9.59 Å². The van der Waals surface area contributed by atoms with Crippen molar-refractivity contribution in [3.63, 3.8) is 0 Å². The number of benzene rings is 2. The number of rotatable bonds is 5. The van der Waals surface area contributed by atoms with E-state index in [4.69, 9.17) is 11.6 Å². The van der Waals surface area contributed by atoms with Gasteiger partial charge in [-0.05, 0) is 55.5 Å². The van der Waals surface area contributed by atoms with Gasteiger partial charge in [-0.15, -0.1) is 0 Å². The zero-order valence-electron chi connectivity index (χ0n) is 14.9. The van der Waals surface area contributed by atoms with Gasteiger partial charge in [0.05, 0.1) is 10.7 Å². The lowest BCUT2D eigenvalue weighted by Gasteiger charge is -2.27. The van der Waals surface area contributed by atoms with Crippen molar-refractivity contribution in [1.29, 1.82) is 0 Å². The van der Waals surface area contributed by atoms with Crippen molar-refractivity contribution in [3.8, 4) is 0 Å². The molecule has 0 bridgehead atoms. The van der Waals surface area contributed by atoms with Crippen LogP contribution in [0, 0.1) is 17.7 Å². The minimum Gasteiger partial charge on any atom is -0.352 e. The summed E-state index contributed by atoms with van der Waals surface area (Å²) >= 11 is 6.08. The van der Waals surface area contributed by atoms with Crippen molar-refractivity contribution in [3.05, 3.63) is 64.9 Å². The topological polar surface area (TPSA) is 58.2 Å². The number of amides is 2. The fourth-order valence-electron chi connectivity index (χ4n) is 3.35. The van der Waals surface area contributed by atoms with Gasteiger partial charge in [0.25, 0.3) is 0 Å². The van der Waals surface area contributed by atoms with Gasteiger partial charge in [0.15, 0.2) is 0 Å². The van der Waals surface area contributed by atoms with Crippen molar-refractivity contribution < 1.29 is 14.0 Å². The van der Waals surface area contributed by atoms with Gasteiger partial charge in [-0.25, -0.2) is 4.39 Å². The molecule has 27 heavy (non-hydrogen) atoms. The highest BCUT2D eigenvalue weighted by Gasteiger charge is 2.30. The van der Waals surface area contributed by atoms with E-state index in [9.17, 15) is 14.0 Å². The number of carbonyl (C=O) groups is 2. The molecule has 0 spiro atoms. The Morgan fingerprint density at radius 2 is 1.52 bits per heavy atom. The van der Waals surface area contributed by atoms with Crippen molar-refractivity contribution in [2.24, 2.45) is 11.8 Å². The molecule has 0 aliphatic heterocycles. The van der Waals surface area contributed by atoms with E-state index in [1.165, 1.54) is 12.1 Å². The molecule has 2 aromatic rings. The van der Waals surface area contributed by atoms with Crippen LogP contribution in [0.5, 0.6) is 0 Å². The van der Waals surface area contributed by atoms with E-state index in [0.717, 1.165) is 5.56 Å². The molecule has 1 aliphatic rings. The summed E-state index contributed by atoms with van der Waals surface area (Å²) in [5.41, 5.74) is 1.47. The number of hydrogen-bond acceptors (Lipinski definition) is 2. The van der Waals surface area contributed by atoms with Crippen LogP contribution in [0.3, 0.4) is 0 Å². The summed E-state index contributed by atoms with van der Waals surface area (Å²) in [6, 6.07) is 13.2. The Labute approximate surface area is 163 Å². The van der Waals surface area contributed by atoms with E-state index in [1.807, 2.05) is 12.1 Å². The Kier molecular flexibility index (Phi) is 6.45. The molecule has 0 heterocycles. The molecule has 6 heteroatoms. The summed E-state index contributed by atoms with van der Waals surface area (Å²) in [5, 5.41) is 6.29. The van der Waals surface area contributed by atoms with Gasteiger partial charge >= 0.3 is 0 Å². The molecule has 1 saturated carbocycles. The van der Waals surface area contributed by atoms with Crippen molar-refractivity contribution in [1.82, 2.24) is 5.32 Å². The molecule has 0 aromatic heterocycles. The fourth-order valence-corrected chi connectivity index (χ4v) is 3.53. The second-order valence-corrected chi connectivity index (χ2v) is 7.27. The van der Waals surface area contributed by atoms with Gasteiger partial charge in [-0.1, -0.05) is 35.9 Å². The lowest BCUT2D eigenvalue weighted by molar-refractivity contribution is -0.128. The molecule has 2 amide bonds. The maximum Gasteiger partial charge on any atom is 0.227 e. The molecule has 2 N–H and O–H groups in total. The van der Waals surface area contributed by atoms with Crippen LogP contribution in [0.15, 0.2) is 48.5 Å². The number of para-hydroxylation sites is 1. The van der Waals surface area contributed by atoms with Crippen molar-refractivity contribution in [2.45, 2.75) is 32.2 Å². The van der Waals surface area contributed by atoms with Gasteiger partial charge in [0.2, 0.25) is 11.8 Å². The Morgan fingerprint density at radius 1 is 0.926 bits per heavy atom. The zero-order valence-corrected chi connectivity index (χ0v) is 15.6. The molecule has 0 atom stereocenters. The van der Waals surface area contributed by atoms with Gasteiger partial charge in [0, 0.05) is 18.4 Å². The van der Waals surface area contributed by atoms with Crippen LogP contribution < -0.4 is 10.6 Å². The summed E-state index contributed by atoms with van der Waals surface area (Å²) < 4.78 is 12.9. The second kappa shape index (κ2) is 9.00. The molecule has 142 valence electrons. The average Bonchev–Trinajstić information content (AvgIpc) is 2.69. The third-order valence-electron chi connectivity index (χ3n) is 4.98. The van der Waals surface area contributed by atoms with Crippen LogP contribution in [0.4, 0.5) is 10.1 Å². The normalized spacial score (nSPS) is 19.3. The monoisotopic (exact) mass is 388 g/mol. The van der Waals surface area contributed by atoms with Crippen LogP contribution >= 0.6 is 11.6 Å². The molecule has 0 unspecified atom stereocenters. The Hall–Kier alpha value is -2.40. The van der Waals surface area contributed by atoms with Crippen LogP contribution in [-0.2, 0) is 16.1 Å². The summed E-state index contributed by atoms with van der Waals surface area (Å²) in [7, 11) is 0. The molecule has 4 nitrogen and oxygen atoms in total. The zero-order chi connectivity index (χ0) is 19.2. The fraction of sp³-hybridized carbons (Fsp3) is 0.333. The standard InChI is InChI=1S/C21H22ClFN2O2/c22-18-3-1-2-4-19(18)25-21(27)16-9-7-15(8-10-16)20(26)24-13-14-5-11-17(23)12-6-14/h1-6,11-12,15-16H,7-10,13H2,(H,24,26)(H,25,27). The predicted molar refractivity (Wildman–Crippen MR) is 104 cm³/mol. The molecule has 1 aliphatic carbocycles. The highest BCUT2D eigenvalue weighted by molar-refractivity contribution is 6.33. The molecule has 0 saturated heterocycles. The maximum atomic E-state index is 12.9. The van der Waals surface area contributed by atoms with Gasteiger partial charge in [-0.2, -0.15) is 0 Å². The van der Waals surface area contributed by atoms with E-state index in [-0.39, 0.29) is 29.5 Å². The lowest BCUT2D eigenvalue weighted by atomic mass is 9.81. The van der Waals surface area contributed by atoms with Crippen LogP contribution in [0.25, 0.3) is 0 Å². The minimum absolute atomic E-state index is 0.00992. The SMILES string of the molecule is O=C(NCc1ccc(F)cc1)C1CCC(C(=O)Nc2ccccc2Cl)CC1. The molecule has 0 radical (unpaired) electrons. The average molecular weight is 389 g/mol. The van der Waals surface area contributed by atoms with Crippen molar-refractivity contribution >= 4 is 29.1 Å². The second-order valence-electron chi connectivity index (χ2n) is 6.86. The molecule has 3 rings (SSSR count). The van der Waals surface area contributed by atoms with Crippen LogP contribution in [-0.4, -0.2) is 11.8 Å². The predicted octanol–water partition coefficient (Wildman–Crippen LogP) is 4.54. The number of hydrogen-bond donors (Lipinski definition) is 2. The summed E-state index contributed by atoms with van der Waals surface area (Å²) in [6.45, 7) is 0.381. The van der Waals surface area contributed by atoms with Crippen LogP contribution in [0.1, 0.15) is 31.2 Å². The Morgan fingerprint density at radius 3 is 2.15 bits per heavy atom. The maximum absolute atomic E-state index is 12.9. The van der Waals surface area contributed by atoms with E-state index < -0.39 is 0 Å². The molecular formula is C21H22ClFN2O2. The quantitative estimate of drug-likeness (QED) is 0.790. The Bertz CT molecular complexity index is 802. The number of carbonyl (C=O) groups excluding carboxylic acids is 2. The third kappa shape index (κ3) is 5.30. The number of nitrogens with one attached hydrogen (secondary N) is 2. The van der Waals surface area contributed by atoms with Crippen molar-refractivity contribution in [2.75, 3.05) is 5.32 Å². The molecular weight excluding hydrogens is 367 g/mol. The minimum atomic E-state index is -0.293.